The lowest BCUT2D eigenvalue weighted by molar-refractivity contribution is -0.134. The molecule has 0 aromatic rings. The zero-order valence-electron chi connectivity index (χ0n) is 9.97. The summed E-state index contributed by atoms with van der Waals surface area (Å²) in [7, 11) is -2.27. The van der Waals surface area contributed by atoms with E-state index in [2.05, 4.69) is 5.32 Å². The van der Waals surface area contributed by atoms with Crippen LogP contribution in [0.3, 0.4) is 0 Å². The Labute approximate surface area is 101 Å². The molecule has 1 aliphatic heterocycles. The largest absolute Gasteiger partial charge is 0.294 e. The number of hydrogen-bond donors (Lipinski definition) is 1. The van der Waals surface area contributed by atoms with Gasteiger partial charge in [0.1, 0.15) is 0 Å². The molecule has 1 saturated heterocycles. The van der Waals surface area contributed by atoms with Crippen molar-refractivity contribution >= 4 is 22.0 Å². The Kier molecular flexibility index (Phi) is 4.61. The molecule has 0 bridgehead atoms. The fraction of sp³-hybridized carbons (Fsp3) is 0.778. The lowest BCUT2D eigenvalue weighted by Crippen LogP contribution is -2.56. The average Bonchev–Trinajstić information content (AvgIpc) is 2.24. The first kappa shape index (κ1) is 14.1. The number of hydrogen-bond acceptors (Lipinski definition) is 4. The van der Waals surface area contributed by atoms with Crippen molar-refractivity contribution in [3.05, 3.63) is 0 Å². The smallest absolute Gasteiger partial charge is 0.282 e. The molecule has 2 amide bonds. The lowest BCUT2D eigenvalue weighted by Gasteiger charge is -2.28. The summed E-state index contributed by atoms with van der Waals surface area (Å²) in [6.45, 7) is 1.73. The summed E-state index contributed by atoms with van der Waals surface area (Å²) < 4.78 is 26.1. The van der Waals surface area contributed by atoms with Gasteiger partial charge in [0.05, 0.1) is 13.1 Å². The Bertz CT molecular complexity index is 390. The maximum absolute atomic E-state index is 12.0. The maximum atomic E-state index is 12.0. The first-order valence-corrected chi connectivity index (χ1v) is 6.81. The normalized spacial score (nSPS) is 18.5. The first-order chi connectivity index (χ1) is 7.87. The van der Waals surface area contributed by atoms with Crippen LogP contribution in [0.1, 0.15) is 19.8 Å². The third-order valence-electron chi connectivity index (χ3n) is 2.47. The monoisotopic (exact) mass is 263 g/mol. The van der Waals surface area contributed by atoms with Crippen LogP contribution in [0, 0.1) is 0 Å². The van der Waals surface area contributed by atoms with Gasteiger partial charge in [-0.2, -0.15) is 17.0 Å². The van der Waals surface area contributed by atoms with Gasteiger partial charge in [-0.05, 0) is 6.42 Å². The first-order valence-electron chi connectivity index (χ1n) is 5.42. The molecule has 0 spiro atoms. The van der Waals surface area contributed by atoms with Gasteiger partial charge < -0.3 is 0 Å². The molecule has 0 saturated carbocycles. The zero-order valence-corrected chi connectivity index (χ0v) is 10.8. The molecule has 1 fully saturated rings. The van der Waals surface area contributed by atoms with E-state index in [1.807, 2.05) is 6.92 Å². The predicted molar refractivity (Wildman–Crippen MR) is 61.2 cm³/mol. The summed E-state index contributed by atoms with van der Waals surface area (Å²) in [5, 5.41) is 2.06. The molecular formula is C9H17N3O4S. The number of nitrogens with zero attached hydrogens (tertiary/aromatic N) is 2. The summed E-state index contributed by atoms with van der Waals surface area (Å²) in [6, 6.07) is 0. The number of rotatable bonds is 5. The van der Waals surface area contributed by atoms with Gasteiger partial charge in [-0.3, -0.25) is 14.9 Å². The van der Waals surface area contributed by atoms with Crippen molar-refractivity contribution in [1.82, 2.24) is 13.9 Å². The van der Waals surface area contributed by atoms with Crippen LogP contribution in [-0.4, -0.2) is 55.5 Å². The molecule has 0 aliphatic carbocycles. The van der Waals surface area contributed by atoms with Crippen molar-refractivity contribution in [2.75, 3.05) is 26.7 Å². The van der Waals surface area contributed by atoms with Crippen molar-refractivity contribution in [1.29, 1.82) is 0 Å². The van der Waals surface area contributed by atoms with E-state index in [0.717, 1.165) is 17.1 Å². The molecule has 17 heavy (non-hydrogen) atoms. The molecule has 1 aliphatic rings. The average molecular weight is 263 g/mol. The summed E-state index contributed by atoms with van der Waals surface area (Å²) in [6.07, 6.45) is 1.61. The lowest BCUT2D eigenvalue weighted by atomic mass is 10.3. The molecule has 98 valence electrons. The summed E-state index contributed by atoms with van der Waals surface area (Å²) in [4.78, 5) is 22.2. The second kappa shape index (κ2) is 5.56. The van der Waals surface area contributed by atoms with Gasteiger partial charge in [0.2, 0.25) is 11.8 Å². The number of imide groups is 1. The fourth-order valence-electron chi connectivity index (χ4n) is 1.47. The van der Waals surface area contributed by atoms with Crippen LogP contribution < -0.4 is 5.32 Å². The van der Waals surface area contributed by atoms with E-state index in [-0.39, 0.29) is 13.1 Å². The molecule has 8 heteroatoms. The van der Waals surface area contributed by atoms with Crippen molar-refractivity contribution < 1.29 is 18.0 Å². The third-order valence-corrected chi connectivity index (χ3v) is 4.35. The second-order valence-electron chi connectivity index (χ2n) is 3.92. The molecule has 0 radical (unpaired) electrons. The van der Waals surface area contributed by atoms with E-state index in [1.165, 1.54) is 11.4 Å². The Morgan fingerprint density at radius 2 is 1.82 bits per heavy atom. The van der Waals surface area contributed by atoms with Gasteiger partial charge in [0.25, 0.3) is 10.2 Å². The van der Waals surface area contributed by atoms with Crippen LogP contribution in [0.5, 0.6) is 0 Å². The van der Waals surface area contributed by atoms with Gasteiger partial charge in [-0.1, -0.05) is 13.3 Å². The van der Waals surface area contributed by atoms with Crippen LogP contribution in [0.15, 0.2) is 0 Å². The summed E-state index contributed by atoms with van der Waals surface area (Å²) >= 11 is 0. The topological polar surface area (TPSA) is 86.8 Å². The van der Waals surface area contributed by atoms with Gasteiger partial charge in [0, 0.05) is 13.6 Å². The van der Waals surface area contributed by atoms with Gasteiger partial charge in [-0.15, -0.1) is 0 Å². The minimum atomic E-state index is -3.72. The quantitative estimate of drug-likeness (QED) is 0.639. The minimum Gasteiger partial charge on any atom is -0.294 e. The van der Waals surface area contributed by atoms with Gasteiger partial charge >= 0.3 is 0 Å². The molecular weight excluding hydrogens is 246 g/mol. The van der Waals surface area contributed by atoms with E-state index in [1.54, 1.807) is 0 Å². The number of nitrogens with one attached hydrogen (secondary N) is 1. The molecule has 7 nitrogen and oxygen atoms in total. The number of carbonyl (C=O) groups excluding carboxylic acids is 2. The highest BCUT2D eigenvalue weighted by Crippen LogP contribution is 2.09. The SMILES string of the molecule is CCCCN(C)S(=O)(=O)N1CC(=O)NC(=O)C1. The molecule has 1 rings (SSSR count). The number of amides is 2. The maximum Gasteiger partial charge on any atom is 0.282 e. The van der Waals surface area contributed by atoms with E-state index >= 15 is 0 Å². The number of piperazine rings is 1. The third kappa shape index (κ3) is 3.48. The standard InChI is InChI=1S/C9H17N3O4S/c1-3-4-5-11(2)17(15,16)12-6-8(13)10-9(14)7-12/h3-7H2,1-2H3,(H,10,13,14). The van der Waals surface area contributed by atoms with Crippen LogP contribution in [0.25, 0.3) is 0 Å². The Hall–Kier alpha value is -0.990. The van der Waals surface area contributed by atoms with Gasteiger partial charge in [0.15, 0.2) is 0 Å². The predicted octanol–water partition coefficient (Wildman–Crippen LogP) is -1.08. The van der Waals surface area contributed by atoms with Crippen molar-refractivity contribution in [2.45, 2.75) is 19.8 Å². The molecule has 1 heterocycles. The van der Waals surface area contributed by atoms with Crippen molar-refractivity contribution in [3.8, 4) is 0 Å². The van der Waals surface area contributed by atoms with Crippen LogP contribution in [0.2, 0.25) is 0 Å². The zero-order chi connectivity index (χ0) is 13.1. The number of carbonyl (C=O) groups is 2. The van der Waals surface area contributed by atoms with E-state index in [4.69, 9.17) is 0 Å². The highest BCUT2D eigenvalue weighted by Gasteiger charge is 2.33. The van der Waals surface area contributed by atoms with E-state index < -0.39 is 22.0 Å². The second-order valence-corrected chi connectivity index (χ2v) is 5.96. The Morgan fingerprint density at radius 3 is 2.29 bits per heavy atom. The Balaban J connectivity index is 2.75. The number of unbranched alkanes of at least 4 members (excludes halogenated alkanes) is 1. The Morgan fingerprint density at radius 1 is 1.29 bits per heavy atom. The fourth-order valence-corrected chi connectivity index (χ4v) is 2.78. The van der Waals surface area contributed by atoms with Crippen molar-refractivity contribution in [3.63, 3.8) is 0 Å². The highest BCUT2D eigenvalue weighted by atomic mass is 32.2. The van der Waals surface area contributed by atoms with Crippen LogP contribution >= 0.6 is 0 Å². The van der Waals surface area contributed by atoms with Crippen LogP contribution in [0.4, 0.5) is 0 Å². The van der Waals surface area contributed by atoms with E-state index in [0.29, 0.717) is 6.54 Å². The van der Waals surface area contributed by atoms with E-state index in [9.17, 15) is 18.0 Å². The van der Waals surface area contributed by atoms with Crippen molar-refractivity contribution in [2.24, 2.45) is 0 Å². The highest BCUT2D eigenvalue weighted by molar-refractivity contribution is 7.86. The molecule has 0 aromatic heterocycles. The molecule has 0 atom stereocenters. The summed E-state index contributed by atoms with van der Waals surface area (Å²) in [5.74, 6) is -1.18. The minimum absolute atomic E-state index is 0.301. The molecule has 0 unspecified atom stereocenters. The van der Waals surface area contributed by atoms with Gasteiger partial charge in [-0.25, -0.2) is 0 Å². The summed E-state index contributed by atoms with van der Waals surface area (Å²) in [5.41, 5.74) is 0. The van der Waals surface area contributed by atoms with Crippen LogP contribution in [-0.2, 0) is 19.8 Å². The molecule has 1 N–H and O–H groups in total. The molecule has 0 aromatic carbocycles.